The van der Waals surface area contributed by atoms with Gasteiger partial charge in [0.2, 0.25) is 11.8 Å². The van der Waals surface area contributed by atoms with Crippen molar-refractivity contribution in [1.29, 1.82) is 0 Å². The van der Waals surface area contributed by atoms with E-state index in [9.17, 15) is 14.4 Å². The first-order chi connectivity index (χ1) is 13.3. The van der Waals surface area contributed by atoms with E-state index in [1.54, 1.807) is 18.9 Å². The van der Waals surface area contributed by atoms with Crippen molar-refractivity contribution in [3.05, 3.63) is 29.3 Å². The van der Waals surface area contributed by atoms with Gasteiger partial charge in [-0.3, -0.25) is 19.8 Å². The van der Waals surface area contributed by atoms with Crippen LogP contribution in [0.25, 0.3) is 0 Å². The molecule has 4 amide bonds. The summed E-state index contributed by atoms with van der Waals surface area (Å²) in [6, 6.07) is 4.88. The van der Waals surface area contributed by atoms with Gasteiger partial charge in [0.05, 0.1) is 12.6 Å². The van der Waals surface area contributed by atoms with Crippen LogP contribution in [0.2, 0.25) is 0 Å². The number of amides is 4. The van der Waals surface area contributed by atoms with E-state index in [2.05, 4.69) is 16.0 Å². The number of carbonyl (C=O) groups is 3. The number of para-hydroxylation sites is 1. The molecule has 1 aliphatic rings. The van der Waals surface area contributed by atoms with Gasteiger partial charge in [-0.1, -0.05) is 37.5 Å². The van der Waals surface area contributed by atoms with Crippen LogP contribution in [0.15, 0.2) is 18.2 Å². The molecule has 0 aromatic heterocycles. The summed E-state index contributed by atoms with van der Waals surface area (Å²) in [6.07, 6.45) is 5.32. The number of benzene rings is 1. The van der Waals surface area contributed by atoms with Gasteiger partial charge in [-0.2, -0.15) is 0 Å². The Morgan fingerprint density at radius 3 is 2.32 bits per heavy atom. The third kappa shape index (κ3) is 6.34. The van der Waals surface area contributed by atoms with Crippen LogP contribution >= 0.6 is 0 Å². The fraction of sp³-hybridized carbons (Fsp3) is 0.571. The molecule has 0 saturated heterocycles. The number of urea groups is 1. The smallest absolute Gasteiger partial charge is 0.321 e. The Hall–Kier alpha value is -2.41. The molecule has 7 heteroatoms. The van der Waals surface area contributed by atoms with Crippen molar-refractivity contribution in [3.8, 4) is 0 Å². The molecule has 28 heavy (non-hydrogen) atoms. The minimum Gasteiger partial charge on any atom is -0.335 e. The van der Waals surface area contributed by atoms with Crippen LogP contribution in [-0.4, -0.2) is 48.4 Å². The Balaban J connectivity index is 1.81. The molecule has 3 N–H and O–H groups in total. The third-order valence-corrected chi connectivity index (χ3v) is 5.36. The van der Waals surface area contributed by atoms with Crippen molar-refractivity contribution in [1.82, 2.24) is 15.5 Å². The molecule has 0 bridgehead atoms. The minimum atomic E-state index is -0.610. The van der Waals surface area contributed by atoms with E-state index < -0.39 is 18.0 Å². The summed E-state index contributed by atoms with van der Waals surface area (Å²) in [5.41, 5.74) is 2.77. The second-order valence-corrected chi connectivity index (χ2v) is 7.70. The first-order valence-corrected chi connectivity index (χ1v) is 9.95. The maximum absolute atomic E-state index is 12.4. The van der Waals surface area contributed by atoms with Gasteiger partial charge in [0.25, 0.3) is 0 Å². The zero-order valence-corrected chi connectivity index (χ0v) is 17.3. The molecule has 1 unspecified atom stereocenters. The SMILES string of the molecule is Cc1cccc(C)c1NC(=O)CN(C)C(C)C(=O)NC(=O)NC1CCCCC1. The second kappa shape index (κ2) is 10.2. The van der Waals surface area contributed by atoms with E-state index in [1.807, 2.05) is 32.0 Å². The van der Waals surface area contributed by atoms with Crippen molar-refractivity contribution < 1.29 is 14.4 Å². The van der Waals surface area contributed by atoms with Gasteiger partial charge >= 0.3 is 6.03 Å². The summed E-state index contributed by atoms with van der Waals surface area (Å²) in [5, 5.41) is 8.15. The number of aryl methyl sites for hydroxylation is 2. The van der Waals surface area contributed by atoms with Crippen LogP contribution in [0, 0.1) is 13.8 Å². The van der Waals surface area contributed by atoms with Crippen LogP contribution in [0.5, 0.6) is 0 Å². The Labute approximate surface area is 167 Å². The molecule has 7 nitrogen and oxygen atoms in total. The van der Waals surface area contributed by atoms with Gasteiger partial charge in [-0.15, -0.1) is 0 Å². The van der Waals surface area contributed by atoms with Crippen LogP contribution in [0.1, 0.15) is 50.2 Å². The molecule has 0 radical (unpaired) electrons. The quantitative estimate of drug-likeness (QED) is 0.699. The zero-order valence-electron chi connectivity index (χ0n) is 17.3. The molecular formula is C21H32N4O3. The number of nitrogens with one attached hydrogen (secondary N) is 3. The Morgan fingerprint density at radius 1 is 1.11 bits per heavy atom. The number of carbonyl (C=O) groups excluding carboxylic acids is 3. The maximum atomic E-state index is 12.4. The van der Waals surface area contributed by atoms with E-state index in [-0.39, 0.29) is 18.5 Å². The predicted octanol–water partition coefficient (Wildman–Crippen LogP) is 2.72. The Kier molecular flexibility index (Phi) is 7.99. The number of hydrogen-bond donors (Lipinski definition) is 3. The Morgan fingerprint density at radius 2 is 1.71 bits per heavy atom. The van der Waals surface area contributed by atoms with Crippen LogP contribution in [0.3, 0.4) is 0 Å². The van der Waals surface area contributed by atoms with E-state index in [4.69, 9.17) is 0 Å². The summed E-state index contributed by atoms with van der Waals surface area (Å²) in [5.74, 6) is -0.623. The van der Waals surface area contributed by atoms with Gasteiger partial charge in [0.1, 0.15) is 0 Å². The normalized spacial score (nSPS) is 15.8. The monoisotopic (exact) mass is 388 g/mol. The van der Waals surface area contributed by atoms with Gasteiger partial charge in [-0.25, -0.2) is 4.79 Å². The highest BCUT2D eigenvalue weighted by Crippen LogP contribution is 2.19. The molecule has 0 aliphatic heterocycles. The van der Waals surface area contributed by atoms with Gasteiger partial charge in [-0.05, 0) is 51.8 Å². The summed E-state index contributed by atoms with van der Waals surface area (Å²) >= 11 is 0. The van der Waals surface area contributed by atoms with Crippen molar-refractivity contribution in [3.63, 3.8) is 0 Å². The average molecular weight is 389 g/mol. The molecule has 0 heterocycles. The lowest BCUT2D eigenvalue weighted by Gasteiger charge is -2.25. The zero-order chi connectivity index (χ0) is 20.7. The lowest BCUT2D eigenvalue weighted by atomic mass is 9.96. The number of anilines is 1. The number of imide groups is 1. The van der Waals surface area contributed by atoms with Gasteiger partial charge in [0, 0.05) is 11.7 Å². The fourth-order valence-corrected chi connectivity index (χ4v) is 3.44. The largest absolute Gasteiger partial charge is 0.335 e. The topological polar surface area (TPSA) is 90.5 Å². The number of rotatable bonds is 6. The first kappa shape index (κ1) is 21.9. The molecule has 1 atom stereocenters. The standard InChI is InChI=1S/C21H32N4O3/c1-14-9-8-10-15(2)19(14)23-18(26)13-25(4)16(3)20(27)24-21(28)22-17-11-6-5-7-12-17/h8-10,16-17H,5-7,11-13H2,1-4H3,(H,23,26)(H2,22,24,27,28). The van der Waals surface area contributed by atoms with Crippen LogP contribution in [-0.2, 0) is 9.59 Å². The van der Waals surface area contributed by atoms with Crippen molar-refractivity contribution in [2.45, 2.75) is 65.0 Å². The van der Waals surface area contributed by atoms with Crippen LogP contribution < -0.4 is 16.0 Å². The molecule has 1 fully saturated rings. The first-order valence-electron chi connectivity index (χ1n) is 9.95. The molecular weight excluding hydrogens is 356 g/mol. The highest BCUT2D eigenvalue weighted by Gasteiger charge is 2.23. The summed E-state index contributed by atoms with van der Waals surface area (Å²) in [7, 11) is 1.69. The van der Waals surface area contributed by atoms with Gasteiger partial charge in [0.15, 0.2) is 0 Å². The summed E-state index contributed by atoms with van der Waals surface area (Å²) in [6.45, 7) is 5.60. The lowest BCUT2D eigenvalue weighted by Crippen LogP contribution is -2.51. The van der Waals surface area contributed by atoms with Crippen LogP contribution in [0.4, 0.5) is 10.5 Å². The molecule has 1 aliphatic carbocycles. The number of likely N-dealkylation sites (N-methyl/N-ethyl adjacent to an activating group) is 1. The second-order valence-electron chi connectivity index (χ2n) is 7.70. The van der Waals surface area contributed by atoms with E-state index in [0.717, 1.165) is 42.5 Å². The molecule has 2 rings (SSSR count). The average Bonchev–Trinajstić information content (AvgIpc) is 2.64. The number of hydrogen-bond acceptors (Lipinski definition) is 4. The van der Waals surface area contributed by atoms with E-state index in [0.29, 0.717) is 0 Å². The fourth-order valence-electron chi connectivity index (χ4n) is 3.44. The Bertz CT molecular complexity index is 693. The molecule has 1 aromatic carbocycles. The van der Waals surface area contributed by atoms with Crippen molar-refractivity contribution >= 4 is 23.5 Å². The third-order valence-electron chi connectivity index (χ3n) is 5.36. The van der Waals surface area contributed by atoms with Crippen molar-refractivity contribution in [2.75, 3.05) is 18.9 Å². The summed E-state index contributed by atoms with van der Waals surface area (Å²) in [4.78, 5) is 38.4. The highest BCUT2D eigenvalue weighted by molar-refractivity contribution is 5.98. The predicted molar refractivity (Wildman–Crippen MR) is 110 cm³/mol. The van der Waals surface area contributed by atoms with Gasteiger partial charge < -0.3 is 10.6 Å². The number of nitrogens with zero attached hydrogens (tertiary/aromatic N) is 1. The maximum Gasteiger partial charge on any atom is 0.321 e. The molecule has 1 aromatic rings. The molecule has 0 spiro atoms. The van der Waals surface area contributed by atoms with E-state index in [1.165, 1.54) is 6.42 Å². The highest BCUT2D eigenvalue weighted by atomic mass is 16.2. The summed E-state index contributed by atoms with van der Waals surface area (Å²) < 4.78 is 0. The van der Waals surface area contributed by atoms with E-state index >= 15 is 0 Å². The molecule has 1 saturated carbocycles. The minimum absolute atomic E-state index is 0.0482. The van der Waals surface area contributed by atoms with Crippen molar-refractivity contribution in [2.24, 2.45) is 0 Å². The lowest BCUT2D eigenvalue weighted by molar-refractivity contribution is -0.125. The molecule has 154 valence electrons.